The van der Waals surface area contributed by atoms with Crippen LogP contribution in [0.2, 0.25) is 0 Å². The number of carbonyl (C=O) groups excluding carboxylic acids is 1. The molecule has 0 saturated carbocycles. The summed E-state index contributed by atoms with van der Waals surface area (Å²) < 4.78 is 2.00. The number of aromatic nitrogens is 3. The molecule has 1 aromatic rings. The van der Waals surface area contributed by atoms with Crippen LogP contribution >= 0.6 is 24.0 Å². The second-order valence-electron chi connectivity index (χ2n) is 7.49. The number of aryl methyl sites for hydroxylation is 1. The standard InChI is InChI=1S/C17H31N7O.HI/c1-11(2)14-22-13-8-7-12(9-24(13)23-14)21-16(19-6)20-10-17(3,4)15(25)18-5;/h11-12H,7-10H2,1-6H3,(H,18,25)(H2,19,20,21);1H. The van der Waals surface area contributed by atoms with Crippen molar-refractivity contribution in [3.8, 4) is 0 Å². The van der Waals surface area contributed by atoms with Crippen LogP contribution in [0.25, 0.3) is 0 Å². The lowest BCUT2D eigenvalue weighted by atomic mass is 9.92. The summed E-state index contributed by atoms with van der Waals surface area (Å²) in [7, 11) is 3.39. The minimum atomic E-state index is -0.510. The molecule has 0 spiro atoms. The van der Waals surface area contributed by atoms with E-state index in [0.717, 1.165) is 31.0 Å². The molecule has 26 heavy (non-hydrogen) atoms. The highest BCUT2D eigenvalue weighted by atomic mass is 127. The van der Waals surface area contributed by atoms with Gasteiger partial charge >= 0.3 is 0 Å². The number of nitrogens with zero attached hydrogens (tertiary/aromatic N) is 4. The molecule has 8 nitrogen and oxygen atoms in total. The molecule has 0 radical (unpaired) electrons. The Morgan fingerprint density at radius 2 is 2.12 bits per heavy atom. The van der Waals surface area contributed by atoms with Crippen molar-refractivity contribution in [2.75, 3.05) is 20.6 Å². The highest BCUT2D eigenvalue weighted by molar-refractivity contribution is 14.0. The van der Waals surface area contributed by atoms with Gasteiger partial charge in [-0.3, -0.25) is 9.79 Å². The van der Waals surface area contributed by atoms with Gasteiger partial charge < -0.3 is 16.0 Å². The third-order valence-electron chi connectivity index (χ3n) is 4.49. The van der Waals surface area contributed by atoms with Crippen LogP contribution in [-0.4, -0.2) is 53.3 Å². The number of guanidine groups is 1. The van der Waals surface area contributed by atoms with Crippen molar-refractivity contribution in [1.82, 2.24) is 30.7 Å². The van der Waals surface area contributed by atoms with E-state index in [0.29, 0.717) is 18.4 Å². The summed E-state index contributed by atoms with van der Waals surface area (Å²) in [4.78, 5) is 20.8. The number of halogens is 1. The van der Waals surface area contributed by atoms with E-state index in [-0.39, 0.29) is 35.9 Å². The Morgan fingerprint density at radius 3 is 2.69 bits per heavy atom. The van der Waals surface area contributed by atoms with Gasteiger partial charge in [0.15, 0.2) is 11.8 Å². The van der Waals surface area contributed by atoms with Gasteiger partial charge in [0, 0.05) is 39.0 Å². The van der Waals surface area contributed by atoms with Gasteiger partial charge in [-0.1, -0.05) is 13.8 Å². The van der Waals surface area contributed by atoms with Crippen molar-refractivity contribution in [3.05, 3.63) is 11.6 Å². The van der Waals surface area contributed by atoms with Crippen LogP contribution in [0.1, 0.15) is 51.7 Å². The predicted octanol–water partition coefficient (Wildman–Crippen LogP) is 1.27. The van der Waals surface area contributed by atoms with Crippen molar-refractivity contribution in [1.29, 1.82) is 0 Å². The normalized spacial score (nSPS) is 17.3. The molecule has 0 aromatic carbocycles. The molecule has 3 N–H and O–H groups in total. The molecule has 1 atom stereocenters. The SMILES string of the molecule is CN=C(NCC(C)(C)C(=O)NC)NC1CCc2nc(C(C)C)nn2C1.I. The Balaban J connectivity index is 0.00000338. The first kappa shape index (κ1) is 22.7. The van der Waals surface area contributed by atoms with E-state index in [9.17, 15) is 4.79 Å². The fourth-order valence-corrected chi connectivity index (χ4v) is 2.80. The van der Waals surface area contributed by atoms with Crippen LogP contribution in [0.5, 0.6) is 0 Å². The summed E-state index contributed by atoms with van der Waals surface area (Å²) >= 11 is 0. The second kappa shape index (κ2) is 9.52. The highest BCUT2D eigenvalue weighted by Crippen LogP contribution is 2.17. The number of hydrogen-bond acceptors (Lipinski definition) is 4. The maximum atomic E-state index is 11.9. The van der Waals surface area contributed by atoms with E-state index in [1.54, 1.807) is 14.1 Å². The molecule has 1 aliphatic heterocycles. The van der Waals surface area contributed by atoms with Gasteiger partial charge in [0.05, 0.1) is 12.0 Å². The molecule has 0 aliphatic carbocycles. The fraction of sp³-hybridized carbons (Fsp3) is 0.765. The Labute approximate surface area is 173 Å². The fourth-order valence-electron chi connectivity index (χ4n) is 2.80. The molecule has 1 aromatic heterocycles. The maximum absolute atomic E-state index is 11.9. The van der Waals surface area contributed by atoms with Crippen LogP contribution in [-0.2, 0) is 17.8 Å². The van der Waals surface area contributed by atoms with Gasteiger partial charge in [0.25, 0.3) is 0 Å². The molecule has 148 valence electrons. The van der Waals surface area contributed by atoms with Crippen molar-refractivity contribution in [3.63, 3.8) is 0 Å². The number of fused-ring (bicyclic) bond motifs is 1. The van der Waals surface area contributed by atoms with Crippen molar-refractivity contribution in [2.45, 2.75) is 59.0 Å². The molecular weight excluding hydrogens is 445 g/mol. The zero-order valence-electron chi connectivity index (χ0n) is 16.6. The van der Waals surface area contributed by atoms with E-state index in [2.05, 4.69) is 44.9 Å². The molecule has 2 rings (SSSR count). The third-order valence-corrected chi connectivity index (χ3v) is 4.49. The minimum Gasteiger partial charge on any atom is -0.359 e. The first-order valence-corrected chi connectivity index (χ1v) is 8.89. The zero-order valence-corrected chi connectivity index (χ0v) is 18.9. The van der Waals surface area contributed by atoms with Gasteiger partial charge in [-0.05, 0) is 20.3 Å². The summed E-state index contributed by atoms with van der Waals surface area (Å²) in [6, 6.07) is 0.239. The molecule has 1 unspecified atom stereocenters. The monoisotopic (exact) mass is 477 g/mol. The van der Waals surface area contributed by atoms with Crippen LogP contribution in [0.4, 0.5) is 0 Å². The predicted molar refractivity (Wildman–Crippen MR) is 114 cm³/mol. The average molecular weight is 477 g/mol. The second-order valence-corrected chi connectivity index (χ2v) is 7.49. The summed E-state index contributed by atoms with van der Waals surface area (Å²) in [5.74, 6) is 3.01. The third kappa shape index (κ3) is 5.55. The zero-order chi connectivity index (χ0) is 18.6. The lowest BCUT2D eigenvalue weighted by Gasteiger charge is -2.28. The van der Waals surface area contributed by atoms with Gasteiger partial charge in [-0.25, -0.2) is 9.67 Å². The van der Waals surface area contributed by atoms with E-state index in [4.69, 9.17) is 0 Å². The van der Waals surface area contributed by atoms with Gasteiger partial charge in [0.2, 0.25) is 5.91 Å². The van der Waals surface area contributed by atoms with Gasteiger partial charge in [-0.15, -0.1) is 24.0 Å². The Kier molecular flexibility index (Phi) is 8.29. The lowest BCUT2D eigenvalue weighted by molar-refractivity contribution is -0.128. The maximum Gasteiger partial charge on any atom is 0.227 e. The highest BCUT2D eigenvalue weighted by Gasteiger charge is 2.27. The first-order chi connectivity index (χ1) is 11.8. The summed E-state index contributed by atoms with van der Waals surface area (Å²) in [6.45, 7) is 9.30. The number of rotatable bonds is 5. The smallest absolute Gasteiger partial charge is 0.227 e. The number of nitrogens with one attached hydrogen (secondary N) is 3. The average Bonchev–Trinajstić information content (AvgIpc) is 3.01. The number of aliphatic imine (C=N–C) groups is 1. The van der Waals surface area contributed by atoms with Crippen LogP contribution in [0.15, 0.2) is 4.99 Å². The molecule has 0 fully saturated rings. The molecule has 0 saturated heterocycles. The summed E-state index contributed by atoms with van der Waals surface area (Å²) in [6.07, 6.45) is 1.88. The van der Waals surface area contributed by atoms with Gasteiger partial charge in [-0.2, -0.15) is 5.10 Å². The van der Waals surface area contributed by atoms with Crippen LogP contribution < -0.4 is 16.0 Å². The molecule has 1 aliphatic rings. The molecular formula is C17H32IN7O. The number of amides is 1. The Bertz CT molecular complexity index is 639. The Morgan fingerprint density at radius 1 is 1.42 bits per heavy atom. The topological polar surface area (TPSA) is 96.2 Å². The first-order valence-electron chi connectivity index (χ1n) is 8.89. The van der Waals surface area contributed by atoms with E-state index in [1.165, 1.54) is 0 Å². The Hall–Kier alpha value is -1.39. The molecule has 9 heteroatoms. The largest absolute Gasteiger partial charge is 0.359 e. The quantitative estimate of drug-likeness (QED) is 0.337. The van der Waals surface area contributed by atoms with Crippen molar-refractivity contribution < 1.29 is 4.79 Å². The van der Waals surface area contributed by atoms with Crippen LogP contribution in [0, 0.1) is 5.41 Å². The van der Waals surface area contributed by atoms with Crippen molar-refractivity contribution in [2.24, 2.45) is 10.4 Å². The van der Waals surface area contributed by atoms with E-state index < -0.39 is 5.41 Å². The summed E-state index contributed by atoms with van der Waals surface area (Å²) in [5, 5.41) is 14.0. The lowest BCUT2D eigenvalue weighted by Crippen LogP contribution is -2.51. The minimum absolute atomic E-state index is 0. The summed E-state index contributed by atoms with van der Waals surface area (Å²) in [5.41, 5.74) is -0.510. The van der Waals surface area contributed by atoms with Crippen molar-refractivity contribution >= 4 is 35.8 Å². The van der Waals surface area contributed by atoms with Crippen LogP contribution in [0.3, 0.4) is 0 Å². The molecule has 1 amide bonds. The number of carbonyl (C=O) groups is 1. The molecule has 0 bridgehead atoms. The van der Waals surface area contributed by atoms with E-state index >= 15 is 0 Å². The molecule has 2 heterocycles. The number of hydrogen-bond donors (Lipinski definition) is 3. The van der Waals surface area contributed by atoms with E-state index in [1.807, 2.05) is 18.5 Å². The van der Waals surface area contributed by atoms with Gasteiger partial charge in [0.1, 0.15) is 5.82 Å².